The predicted molar refractivity (Wildman–Crippen MR) is 106 cm³/mol. The molecular weight excluding hydrogens is 330 g/mol. The molecule has 0 bridgehead atoms. The maximum atomic E-state index is 11.8. The molecule has 1 amide bonds. The second kappa shape index (κ2) is 8.26. The number of benzene rings is 2. The molecule has 3 rings (SSSR count). The highest BCUT2D eigenvalue weighted by atomic mass is 32.2. The van der Waals surface area contributed by atoms with Crippen molar-refractivity contribution in [1.29, 1.82) is 0 Å². The van der Waals surface area contributed by atoms with Gasteiger partial charge in [0.1, 0.15) is 11.3 Å². The largest absolute Gasteiger partial charge is 0.456 e. The van der Waals surface area contributed by atoms with E-state index >= 15 is 0 Å². The summed E-state index contributed by atoms with van der Waals surface area (Å²) in [6, 6.07) is 18.5. The number of fused-ring (bicyclic) bond motifs is 1. The Hall–Kier alpha value is -2.20. The van der Waals surface area contributed by atoms with E-state index in [0.717, 1.165) is 33.8 Å². The molecule has 1 aromatic heterocycles. The summed E-state index contributed by atoms with van der Waals surface area (Å²) in [6.45, 7) is 3.96. The summed E-state index contributed by atoms with van der Waals surface area (Å²) in [5.74, 6) is 2.67. The monoisotopic (exact) mass is 353 g/mol. The van der Waals surface area contributed by atoms with Crippen LogP contribution in [0.15, 0.2) is 59.0 Å². The lowest BCUT2D eigenvalue weighted by Crippen LogP contribution is -2.30. The van der Waals surface area contributed by atoms with E-state index in [1.54, 1.807) is 11.8 Å². The maximum absolute atomic E-state index is 11.8. The first-order chi connectivity index (χ1) is 12.1. The van der Waals surface area contributed by atoms with Crippen LogP contribution < -0.4 is 5.32 Å². The van der Waals surface area contributed by atoms with Crippen LogP contribution in [-0.4, -0.2) is 17.7 Å². The summed E-state index contributed by atoms with van der Waals surface area (Å²) in [5, 5.41) is 4.09. The SMILES string of the molecule is CC(C)NC(=O)CCSCc1c(-c2ccccc2)oc2ccccc12. The van der Waals surface area contributed by atoms with Gasteiger partial charge >= 0.3 is 0 Å². The van der Waals surface area contributed by atoms with Gasteiger partial charge in [-0.25, -0.2) is 0 Å². The Morgan fingerprint density at radius 1 is 1.08 bits per heavy atom. The quantitative estimate of drug-likeness (QED) is 0.590. The molecule has 0 saturated heterocycles. The Morgan fingerprint density at radius 2 is 1.80 bits per heavy atom. The molecule has 0 aliphatic rings. The van der Waals surface area contributed by atoms with Gasteiger partial charge in [-0.3, -0.25) is 4.79 Å². The number of carbonyl (C=O) groups excluding carboxylic acids is 1. The third-order valence-corrected chi connectivity index (χ3v) is 4.89. The van der Waals surface area contributed by atoms with Crippen molar-refractivity contribution < 1.29 is 9.21 Å². The topological polar surface area (TPSA) is 42.2 Å². The minimum atomic E-state index is 0.114. The summed E-state index contributed by atoms with van der Waals surface area (Å²) >= 11 is 1.77. The molecule has 1 heterocycles. The lowest BCUT2D eigenvalue weighted by Gasteiger charge is -2.08. The third-order valence-electron chi connectivity index (χ3n) is 3.90. The third kappa shape index (κ3) is 4.45. The van der Waals surface area contributed by atoms with Crippen LogP contribution in [0.1, 0.15) is 25.8 Å². The summed E-state index contributed by atoms with van der Waals surface area (Å²) in [7, 11) is 0. The molecule has 130 valence electrons. The molecule has 4 heteroatoms. The van der Waals surface area contributed by atoms with Gasteiger partial charge in [-0.15, -0.1) is 0 Å². The van der Waals surface area contributed by atoms with Gasteiger partial charge in [0.15, 0.2) is 0 Å². The van der Waals surface area contributed by atoms with Crippen LogP contribution in [0.5, 0.6) is 0 Å². The second-order valence-electron chi connectivity index (χ2n) is 6.30. The lowest BCUT2D eigenvalue weighted by molar-refractivity contribution is -0.121. The number of amides is 1. The second-order valence-corrected chi connectivity index (χ2v) is 7.40. The van der Waals surface area contributed by atoms with Crippen molar-refractivity contribution in [1.82, 2.24) is 5.32 Å². The van der Waals surface area contributed by atoms with Crippen LogP contribution in [0.2, 0.25) is 0 Å². The molecule has 0 unspecified atom stereocenters. The lowest BCUT2D eigenvalue weighted by atomic mass is 10.1. The van der Waals surface area contributed by atoms with E-state index in [1.807, 2.05) is 50.2 Å². The Bertz CT molecular complexity index is 839. The average molecular weight is 353 g/mol. The summed E-state index contributed by atoms with van der Waals surface area (Å²) < 4.78 is 6.12. The van der Waals surface area contributed by atoms with Crippen molar-refractivity contribution in [2.45, 2.75) is 32.1 Å². The van der Waals surface area contributed by atoms with E-state index in [4.69, 9.17) is 4.42 Å². The summed E-state index contributed by atoms with van der Waals surface area (Å²) in [5.41, 5.74) is 3.21. The fraction of sp³-hybridized carbons (Fsp3) is 0.286. The van der Waals surface area contributed by atoms with E-state index < -0.39 is 0 Å². The Balaban J connectivity index is 1.75. The van der Waals surface area contributed by atoms with Crippen LogP contribution >= 0.6 is 11.8 Å². The van der Waals surface area contributed by atoms with E-state index in [9.17, 15) is 4.79 Å². The smallest absolute Gasteiger partial charge is 0.221 e. The number of hydrogen-bond donors (Lipinski definition) is 1. The number of rotatable bonds is 7. The Labute approximate surface area is 152 Å². The minimum Gasteiger partial charge on any atom is -0.456 e. The first-order valence-electron chi connectivity index (χ1n) is 8.58. The number of para-hydroxylation sites is 1. The standard InChI is InChI=1S/C21H23NO2S/c1-15(2)22-20(23)12-13-25-14-18-17-10-6-7-11-19(17)24-21(18)16-8-4-3-5-9-16/h3-11,15H,12-14H2,1-2H3,(H,22,23). The first kappa shape index (κ1) is 17.6. The highest BCUT2D eigenvalue weighted by Gasteiger charge is 2.15. The molecule has 3 aromatic rings. The van der Waals surface area contributed by atoms with Gasteiger partial charge in [0, 0.05) is 40.5 Å². The van der Waals surface area contributed by atoms with E-state index in [2.05, 4.69) is 23.5 Å². The molecule has 3 nitrogen and oxygen atoms in total. The fourth-order valence-electron chi connectivity index (χ4n) is 2.80. The minimum absolute atomic E-state index is 0.114. The van der Waals surface area contributed by atoms with Crippen molar-refractivity contribution >= 4 is 28.6 Å². The molecule has 0 aliphatic heterocycles. The van der Waals surface area contributed by atoms with Gasteiger partial charge in [0.25, 0.3) is 0 Å². The van der Waals surface area contributed by atoms with Crippen LogP contribution in [-0.2, 0) is 10.5 Å². The summed E-state index contributed by atoms with van der Waals surface area (Å²) in [4.78, 5) is 11.8. The van der Waals surface area contributed by atoms with Gasteiger partial charge in [-0.05, 0) is 19.9 Å². The van der Waals surface area contributed by atoms with Crippen molar-refractivity contribution in [2.24, 2.45) is 0 Å². The molecule has 0 aliphatic carbocycles. The molecule has 0 spiro atoms. The highest BCUT2D eigenvalue weighted by molar-refractivity contribution is 7.98. The van der Waals surface area contributed by atoms with Crippen molar-refractivity contribution in [3.05, 3.63) is 60.2 Å². The van der Waals surface area contributed by atoms with Gasteiger partial charge in [0.05, 0.1) is 0 Å². The molecule has 2 aromatic carbocycles. The molecule has 0 radical (unpaired) electrons. The zero-order chi connectivity index (χ0) is 17.6. The Kier molecular flexibility index (Phi) is 5.82. The number of nitrogens with one attached hydrogen (secondary N) is 1. The fourth-order valence-corrected chi connectivity index (χ4v) is 3.76. The van der Waals surface area contributed by atoms with Crippen LogP contribution in [0, 0.1) is 0 Å². The van der Waals surface area contributed by atoms with Gasteiger partial charge < -0.3 is 9.73 Å². The molecule has 0 saturated carbocycles. The number of hydrogen-bond acceptors (Lipinski definition) is 3. The van der Waals surface area contributed by atoms with E-state index in [-0.39, 0.29) is 11.9 Å². The Morgan fingerprint density at radius 3 is 2.56 bits per heavy atom. The zero-order valence-corrected chi connectivity index (χ0v) is 15.4. The number of carbonyl (C=O) groups is 1. The van der Waals surface area contributed by atoms with Crippen molar-refractivity contribution in [2.75, 3.05) is 5.75 Å². The van der Waals surface area contributed by atoms with Gasteiger partial charge in [0.2, 0.25) is 5.91 Å². The molecule has 25 heavy (non-hydrogen) atoms. The van der Waals surface area contributed by atoms with Gasteiger partial charge in [-0.2, -0.15) is 11.8 Å². The number of thioether (sulfide) groups is 1. The highest BCUT2D eigenvalue weighted by Crippen LogP contribution is 2.35. The van der Waals surface area contributed by atoms with E-state index in [0.29, 0.717) is 6.42 Å². The van der Waals surface area contributed by atoms with Crippen molar-refractivity contribution in [3.63, 3.8) is 0 Å². The molecular formula is C21H23NO2S. The van der Waals surface area contributed by atoms with Crippen LogP contribution in [0.25, 0.3) is 22.3 Å². The molecule has 0 atom stereocenters. The van der Waals surface area contributed by atoms with E-state index in [1.165, 1.54) is 5.56 Å². The maximum Gasteiger partial charge on any atom is 0.221 e. The van der Waals surface area contributed by atoms with Crippen molar-refractivity contribution in [3.8, 4) is 11.3 Å². The molecule has 1 N–H and O–H groups in total. The average Bonchev–Trinajstić information content (AvgIpc) is 2.97. The first-order valence-corrected chi connectivity index (χ1v) is 9.73. The van der Waals surface area contributed by atoms with Crippen LogP contribution in [0.4, 0.5) is 0 Å². The normalized spacial score (nSPS) is 11.2. The molecule has 0 fully saturated rings. The zero-order valence-electron chi connectivity index (χ0n) is 14.6. The van der Waals surface area contributed by atoms with Crippen LogP contribution in [0.3, 0.4) is 0 Å². The number of furan rings is 1. The predicted octanol–water partition coefficient (Wildman–Crippen LogP) is 5.25. The van der Waals surface area contributed by atoms with Gasteiger partial charge in [-0.1, -0.05) is 48.5 Å². The summed E-state index contributed by atoms with van der Waals surface area (Å²) in [6.07, 6.45) is 0.541.